The number of nitrogens with zero attached hydrogens (tertiary/aromatic N) is 2. The predicted octanol–water partition coefficient (Wildman–Crippen LogP) is 3.41. The molecule has 2 aliphatic rings. The molecular weight excluding hydrogens is 305 g/mol. The summed E-state index contributed by atoms with van der Waals surface area (Å²) >= 11 is 0. The first-order valence-electron chi connectivity index (χ1n) is 8.16. The Morgan fingerprint density at radius 3 is 2.30 bits per heavy atom. The minimum Gasteiger partial charge on any atom is -0.336 e. The molecule has 0 aromatic heterocycles. The maximum Gasteiger partial charge on any atom is 0.416 e. The third-order valence-corrected chi connectivity index (χ3v) is 4.88. The van der Waals surface area contributed by atoms with E-state index in [-0.39, 0.29) is 11.5 Å². The van der Waals surface area contributed by atoms with Crippen LogP contribution in [0, 0.1) is 0 Å². The molecule has 1 saturated carbocycles. The van der Waals surface area contributed by atoms with Gasteiger partial charge in [0.15, 0.2) is 0 Å². The quantitative estimate of drug-likeness (QED) is 0.831. The Morgan fingerprint density at radius 2 is 1.70 bits per heavy atom. The lowest BCUT2D eigenvalue weighted by atomic mass is 10.1. The second-order valence-corrected chi connectivity index (χ2v) is 6.35. The van der Waals surface area contributed by atoms with E-state index in [1.807, 2.05) is 0 Å². The average Bonchev–Trinajstić information content (AvgIpc) is 3.08. The number of carbonyl (C=O) groups is 1. The number of halogens is 3. The van der Waals surface area contributed by atoms with Crippen molar-refractivity contribution in [2.24, 2.45) is 0 Å². The first kappa shape index (κ1) is 16.3. The Bertz CT molecular complexity index is 559. The van der Waals surface area contributed by atoms with Crippen LogP contribution in [0.15, 0.2) is 24.3 Å². The molecule has 1 aromatic carbocycles. The van der Waals surface area contributed by atoms with Gasteiger partial charge in [-0.1, -0.05) is 18.9 Å². The predicted molar refractivity (Wildman–Crippen MR) is 81.2 cm³/mol. The molecule has 3 rings (SSSR count). The summed E-state index contributed by atoms with van der Waals surface area (Å²) in [5.41, 5.74) is -0.651. The lowest BCUT2D eigenvalue weighted by molar-refractivity contribution is -0.137. The van der Waals surface area contributed by atoms with Gasteiger partial charge in [0.1, 0.15) is 0 Å². The number of piperazine rings is 1. The van der Waals surface area contributed by atoms with Crippen LogP contribution in [0.3, 0.4) is 0 Å². The first-order chi connectivity index (χ1) is 10.9. The van der Waals surface area contributed by atoms with Crippen molar-refractivity contribution >= 4 is 5.91 Å². The Labute approximate surface area is 134 Å². The third-order valence-electron chi connectivity index (χ3n) is 4.88. The van der Waals surface area contributed by atoms with E-state index < -0.39 is 11.7 Å². The van der Waals surface area contributed by atoms with Crippen molar-refractivity contribution in [3.63, 3.8) is 0 Å². The molecule has 0 spiro atoms. The number of benzene rings is 1. The molecule has 1 heterocycles. The SMILES string of the molecule is O=C(c1cccc(C(F)(F)F)c1)N1CCN(C2CCCC2)CC1. The van der Waals surface area contributed by atoms with Crippen molar-refractivity contribution in [1.82, 2.24) is 9.80 Å². The molecule has 0 unspecified atom stereocenters. The van der Waals surface area contributed by atoms with E-state index >= 15 is 0 Å². The number of hydrogen-bond acceptors (Lipinski definition) is 2. The molecule has 1 aliphatic heterocycles. The fourth-order valence-electron chi connectivity index (χ4n) is 3.57. The van der Waals surface area contributed by atoms with Crippen LogP contribution < -0.4 is 0 Å². The lowest BCUT2D eigenvalue weighted by Crippen LogP contribution is -2.51. The number of hydrogen-bond donors (Lipinski definition) is 0. The van der Waals surface area contributed by atoms with Gasteiger partial charge >= 0.3 is 6.18 Å². The summed E-state index contributed by atoms with van der Waals surface area (Å²) in [7, 11) is 0. The highest BCUT2D eigenvalue weighted by Crippen LogP contribution is 2.30. The highest BCUT2D eigenvalue weighted by Gasteiger charge is 2.32. The molecule has 1 amide bonds. The largest absolute Gasteiger partial charge is 0.416 e. The molecule has 0 atom stereocenters. The molecule has 23 heavy (non-hydrogen) atoms. The molecule has 1 aromatic rings. The molecule has 0 radical (unpaired) electrons. The van der Waals surface area contributed by atoms with Gasteiger partial charge in [0.2, 0.25) is 0 Å². The summed E-state index contributed by atoms with van der Waals surface area (Å²) in [6.45, 7) is 2.81. The van der Waals surface area contributed by atoms with Gasteiger partial charge in [0.25, 0.3) is 5.91 Å². The van der Waals surface area contributed by atoms with Crippen LogP contribution in [0.1, 0.15) is 41.6 Å². The van der Waals surface area contributed by atoms with Crippen molar-refractivity contribution < 1.29 is 18.0 Å². The van der Waals surface area contributed by atoms with Crippen LogP contribution in [0.25, 0.3) is 0 Å². The van der Waals surface area contributed by atoms with Crippen LogP contribution in [0.5, 0.6) is 0 Å². The summed E-state index contributed by atoms with van der Waals surface area (Å²) < 4.78 is 38.3. The van der Waals surface area contributed by atoms with Crippen molar-refractivity contribution in [3.05, 3.63) is 35.4 Å². The number of rotatable bonds is 2. The Balaban J connectivity index is 1.63. The van der Waals surface area contributed by atoms with E-state index in [1.165, 1.54) is 37.8 Å². The van der Waals surface area contributed by atoms with Crippen LogP contribution in [0.2, 0.25) is 0 Å². The Morgan fingerprint density at radius 1 is 1.04 bits per heavy atom. The van der Waals surface area contributed by atoms with Gasteiger partial charge < -0.3 is 4.90 Å². The molecule has 1 saturated heterocycles. The zero-order chi connectivity index (χ0) is 16.4. The normalized spacial score (nSPS) is 20.9. The molecule has 0 N–H and O–H groups in total. The molecule has 0 bridgehead atoms. The molecule has 1 aliphatic carbocycles. The summed E-state index contributed by atoms with van der Waals surface area (Å²) in [4.78, 5) is 16.5. The smallest absolute Gasteiger partial charge is 0.336 e. The van der Waals surface area contributed by atoms with E-state index in [2.05, 4.69) is 4.90 Å². The van der Waals surface area contributed by atoms with Gasteiger partial charge in [-0.15, -0.1) is 0 Å². The summed E-state index contributed by atoms with van der Waals surface area (Å²) in [6.07, 6.45) is 0.572. The molecule has 6 heteroatoms. The van der Waals surface area contributed by atoms with Crippen molar-refractivity contribution in [2.75, 3.05) is 26.2 Å². The Hall–Kier alpha value is -1.56. The summed E-state index contributed by atoms with van der Waals surface area (Å²) in [5.74, 6) is -0.304. The maximum atomic E-state index is 12.8. The molecule has 2 fully saturated rings. The lowest BCUT2D eigenvalue weighted by Gasteiger charge is -2.38. The minimum atomic E-state index is -4.42. The van der Waals surface area contributed by atoms with Crippen LogP contribution in [-0.4, -0.2) is 47.9 Å². The van der Waals surface area contributed by atoms with E-state index in [9.17, 15) is 18.0 Å². The Kier molecular flexibility index (Phi) is 4.62. The second kappa shape index (κ2) is 6.51. The number of alkyl halides is 3. The average molecular weight is 326 g/mol. The minimum absolute atomic E-state index is 0.120. The van der Waals surface area contributed by atoms with E-state index in [1.54, 1.807) is 4.90 Å². The highest BCUT2D eigenvalue weighted by molar-refractivity contribution is 5.94. The first-order valence-corrected chi connectivity index (χ1v) is 8.16. The zero-order valence-corrected chi connectivity index (χ0v) is 13.0. The molecule has 3 nitrogen and oxygen atoms in total. The van der Waals surface area contributed by atoms with E-state index in [4.69, 9.17) is 0 Å². The zero-order valence-electron chi connectivity index (χ0n) is 13.0. The van der Waals surface area contributed by atoms with Gasteiger partial charge in [-0.25, -0.2) is 0 Å². The van der Waals surface area contributed by atoms with Gasteiger partial charge in [-0.2, -0.15) is 13.2 Å². The molecular formula is C17H21F3N2O. The van der Waals surface area contributed by atoms with E-state index in [0.717, 1.165) is 25.2 Å². The van der Waals surface area contributed by atoms with Gasteiger partial charge in [-0.3, -0.25) is 9.69 Å². The van der Waals surface area contributed by atoms with E-state index in [0.29, 0.717) is 19.1 Å². The standard InChI is InChI=1S/C17H21F3N2O/c18-17(19,20)14-5-3-4-13(12-14)16(23)22-10-8-21(9-11-22)15-6-1-2-7-15/h3-5,12,15H,1-2,6-11H2. The fourth-order valence-corrected chi connectivity index (χ4v) is 3.57. The monoisotopic (exact) mass is 326 g/mol. The summed E-state index contributed by atoms with van der Waals surface area (Å²) in [6, 6.07) is 5.33. The van der Waals surface area contributed by atoms with Gasteiger partial charge in [0, 0.05) is 37.8 Å². The highest BCUT2D eigenvalue weighted by atomic mass is 19.4. The molecule has 126 valence electrons. The van der Waals surface area contributed by atoms with Gasteiger partial charge in [0.05, 0.1) is 5.56 Å². The summed E-state index contributed by atoms with van der Waals surface area (Å²) in [5, 5.41) is 0. The maximum absolute atomic E-state index is 12.8. The van der Waals surface area contributed by atoms with Crippen LogP contribution in [-0.2, 0) is 6.18 Å². The second-order valence-electron chi connectivity index (χ2n) is 6.35. The topological polar surface area (TPSA) is 23.6 Å². The van der Waals surface area contributed by atoms with Crippen molar-refractivity contribution in [2.45, 2.75) is 37.9 Å². The van der Waals surface area contributed by atoms with Crippen molar-refractivity contribution in [3.8, 4) is 0 Å². The van der Waals surface area contributed by atoms with Gasteiger partial charge in [-0.05, 0) is 31.0 Å². The number of amides is 1. The van der Waals surface area contributed by atoms with Crippen molar-refractivity contribution in [1.29, 1.82) is 0 Å². The fraction of sp³-hybridized carbons (Fsp3) is 0.588. The number of carbonyl (C=O) groups excluding carboxylic acids is 1. The van der Waals surface area contributed by atoms with Crippen LogP contribution in [0.4, 0.5) is 13.2 Å². The van der Waals surface area contributed by atoms with Crippen LogP contribution >= 0.6 is 0 Å². The third kappa shape index (κ3) is 3.68.